The van der Waals surface area contributed by atoms with Crippen LogP contribution in [0, 0.1) is 5.82 Å². The van der Waals surface area contributed by atoms with Crippen LogP contribution in [-0.4, -0.2) is 21.2 Å². The molecule has 0 amide bonds. The van der Waals surface area contributed by atoms with Crippen LogP contribution < -0.4 is 4.74 Å². The smallest absolute Gasteiger partial charge is 0.360 e. The van der Waals surface area contributed by atoms with Crippen LogP contribution in [0.1, 0.15) is 10.5 Å². The molecular weight excluding hydrogens is 313 g/mol. The number of fused-ring (bicyclic) bond motifs is 1. The highest BCUT2D eigenvalue weighted by Crippen LogP contribution is 2.23. The summed E-state index contributed by atoms with van der Waals surface area (Å²) in [5.41, 5.74) is 1.53. The SMILES string of the molecule is O=C(Oc1cccc(-c2nnco2)c1)c1cc2cc(F)ccc2[nH]1. The molecule has 0 saturated carbocycles. The number of esters is 1. The summed E-state index contributed by atoms with van der Waals surface area (Å²) in [4.78, 5) is 15.2. The Hall–Kier alpha value is -3.48. The van der Waals surface area contributed by atoms with Crippen LogP contribution >= 0.6 is 0 Å². The Bertz CT molecular complexity index is 1020. The van der Waals surface area contributed by atoms with E-state index in [4.69, 9.17) is 9.15 Å². The van der Waals surface area contributed by atoms with Crippen molar-refractivity contribution in [3.63, 3.8) is 0 Å². The van der Waals surface area contributed by atoms with Crippen molar-refractivity contribution in [1.82, 2.24) is 15.2 Å². The molecule has 0 unspecified atom stereocenters. The van der Waals surface area contributed by atoms with Crippen molar-refractivity contribution in [3.8, 4) is 17.2 Å². The topological polar surface area (TPSA) is 81.0 Å². The van der Waals surface area contributed by atoms with Crippen molar-refractivity contribution >= 4 is 16.9 Å². The number of rotatable bonds is 3. The number of benzene rings is 2. The molecule has 7 heteroatoms. The van der Waals surface area contributed by atoms with Crippen LogP contribution in [0.4, 0.5) is 4.39 Å². The van der Waals surface area contributed by atoms with Gasteiger partial charge in [-0.15, -0.1) is 10.2 Å². The van der Waals surface area contributed by atoms with E-state index in [-0.39, 0.29) is 11.5 Å². The number of hydrogen-bond acceptors (Lipinski definition) is 5. The standard InChI is InChI=1S/C17H10FN3O3/c18-12-4-5-14-11(6-12)8-15(20-14)17(22)24-13-3-1-2-10(7-13)16-21-19-9-23-16/h1-9,20H. The van der Waals surface area contributed by atoms with Crippen molar-refractivity contribution in [3.05, 3.63) is 66.4 Å². The Balaban J connectivity index is 1.60. The molecule has 0 aliphatic heterocycles. The maximum atomic E-state index is 13.2. The van der Waals surface area contributed by atoms with Gasteiger partial charge in [-0.05, 0) is 42.5 Å². The normalized spacial score (nSPS) is 10.9. The predicted octanol–water partition coefficient (Wildman–Crippen LogP) is 3.58. The van der Waals surface area contributed by atoms with Gasteiger partial charge >= 0.3 is 5.97 Å². The van der Waals surface area contributed by atoms with E-state index in [1.165, 1.54) is 18.5 Å². The van der Waals surface area contributed by atoms with Gasteiger partial charge in [-0.25, -0.2) is 9.18 Å². The summed E-state index contributed by atoms with van der Waals surface area (Å²) in [6.07, 6.45) is 1.22. The van der Waals surface area contributed by atoms with Gasteiger partial charge in [0.2, 0.25) is 12.3 Å². The second-order valence-electron chi connectivity index (χ2n) is 5.08. The number of aromatic amines is 1. The number of hydrogen-bond donors (Lipinski definition) is 1. The molecule has 0 spiro atoms. The quantitative estimate of drug-likeness (QED) is 0.460. The van der Waals surface area contributed by atoms with Gasteiger partial charge < -0.3 is 14.1 Å². The first-order valence-corrected chi connectivity index (χ1v) is 7.06. The van der Waals surface area contributed by atoms with Gasteiger partial charge in [0.1, 0.15) is 17.3 Å². The first-order chi connectivity index (χ1) is 11.7. The van der Waals surface area contributed by atoms with Crippen LogP contribution in [0.5, 0.6) is 5.75 Å². The Kier molecular flexibility index (Phi) is 3.31. The lowest BCUT2D eigenvalue weighted by Crippen LogP contribution is -2.08. The fourth-order valence-electron chi connectivity index (χ4n) is 2.37. The largest absolute Gasteiger partial charge is 0.423 e. The molecule has 2 aromatic carbocycles. The molecule has 0 radical (unpaired) electrons. The number of ether oxygens (including phenoxy) is 1. The van der Waals surface area contributed by atoms with Crippen molar-refractivity contribution in [2.45, 2.75) is 0 Å². The molecule has 6 nitrogen and oxygen atoms in total. The molecule has 118 valence electrons. The molecule has 1 N–H and O–H groups in total. The summed E-state index contributed by atoms with van der Waals surface area (Å²) in [6, 6.07) is 12.5. The molecule has 0 bridgehead atoms. The highest BCUT2D eigenvalue weighted by Gasteiger charge is 2.13. The summed E-state index contributed by atoms with van der Waals surface area (Å²) < 4.78 is 23.7. The lowest BCUT2D eigenvalue weighted by Gasteiger charge is -2.03. The van der Waals surface area contributed by atoms with Gasteiger partial charge in [-0.3, -0.25) is 0 Å². The number of halogens is 1. The Morgan fingerprint density at radius 1 is 1.17 bits per heavy atom. The van der Waals surface area contributed by atoms with Crippen LogP contribution in [-0.2, 0) is 0 Å². The first-order valence-electron chi connectivity index (χ1n) is 7.06. The van der Waals surface area contributed by atoms with E-state index in [2.05, 4.69) is 15.2 Å². The fourth-order valence-corrected chi connectivity index (χ4v) is 2.37. The summed E-state index contributed by atoms with van der Waals surface area (Å²) in [5.74, 6) is -0.280. The minimum atomic E-state index is -0.575. The fraction of sp³-hybridized carbons (Fsp3) is 0. The van der Waals surface area contributed by atoms with E-state index in [0.717, 1.165) is 0 Å². The van der Waals surface area contributed by atoms with Crippen molar-refractivity contribution in [1.29, 1.82) is 0 Å². The maximum Gasteiger partial charge on any atom is 0.360 e. The van der Waals surface area contributed by atoms with Gasteiger partial charge in [0.05, 0.1) is 0 Å². The van der Waals surface area contributed by atoms with Gasteiger partial charge in [0.15, 0.2) is 0 Å². The maximum absolute atomic E-state index is 13.2. The van der Waals surface area contributed by atoms with Crippen molar-refractivity contribution in [2.24, 2.45) is 0 Å². The summed E-state index contributed by atoms with van der Waals surface area (Å²) >= 11 is 0. The number of carbonyl (C=O) groups is 1. The molecule has 0 aliphatic carbocycles. The Labute approximate surface area is 134 Å². The monoisotopic (exact) mass is 323 g/mol. The van der Waals surface area contributed by atoms with Crippen molar-refractivity contribution in [2.75, 3.05) is 0 Å². The third-order valence-electron chi connectivity index (χ3n) is 3.45. The number of nitrogens with zero attached hydrogens (tertiary/aromatic N) is 2. The number of carbonyl (C=O) groups excluding carboxylic acids is 1. The molecule has 0 saturated heterocycles. The molecule has 24 heavy (non-hydrogen) atoms. The van der Waals surface area contributed by atoms with Crippen LogP contribution in [0.25, 0.3) is 22.4 Å². The zero-order valence-electron chi connectivity index (χ0n) is 12.2. The van der Waals surface area contributed by atoms with Gasteiger partial charge in [0, 0.05) is 16.5 Å². The summed E-state index contributed by atoms with van der Waals surface area (Å²) in [6.45, 7) is 0. The molecule has 2 heterocycles. The number of H-pyrrole nitrogens is 1. The molecule has 0 atom stereocenters. The van der Waals surface area contributed by atoms with Crippen LogP contribution in [0.15, 0.2) is 59.3 Å². The van der Waals surface area contributed by atoms with E-state index < -0.39 is 5.97 Å². The van der Waals surface area contributed by atoms with E-state index in [1.807, 2.05) is 0 Å². The Morgan fingerprint density at radius 3 is 2.92 bits per heavy atom. The van der Waals surface area contributed by atoms with Crippen molar-refractivity contribution < 1.29 is 18.3 Å². The lowest BCUT2D eigenvalue weighted by molar-refractivity contribution is 0.0729. The average molecular weight is 323 g/mol. The third kappa shape index (κ3) is 2.63. The van der Waals surface area contributed by atoms with Gasteiger partial charge in [-0.2, -0.15) is 0 Å². The zero-order valence-corrected chi connectivity index (χ0v) is 12.2. The highest BCUT2D eigenvalue weighted by atomic mass is 19.1. The van der Waals surface area contributed by atoms with E-state index >= 15 is 0 Å². The molecule has 4 aromatic rings. The second-order valence-corrected chi connectivity index (χ2v) is 5.08. The molecule has 4 rings (SSSR count). The third-order valence-corrected chi connectivity index (χ3v) is 3.45. The number of aromatic nitrogens is 3. The number of nitrogens with one attached hydrogen (secondary N) is 1. The first kappa shape index (κ1) is 14.1. The summed E-state index contributed by atoms with van der Waals surface area (Å²) in [5, 5.41) is 8.01. The van der Waals surface area contributed by atoms with Crippen LogP contribution in [0.2, 0.25) is 0 Å². The van der Waals surface area contributed by atoms with Gasteiger partial charge in [-0.1, -0.05) is 6.07 Å². The lowest BCUT2D eigenvalue weighted by atomic mass is 10.2. The molecule has 2 aromatic heterocycles. The minimum absolute atomic E-state index is 0.235. The van der Waals surface area contributed by atoms with E-state index in [0.29, 0.717) is 28.1 Å². The highest BCUT2D eigenvalue weighted by molar-refractivity contribution is 5.95. The summed E-state index contributed by atoms with van der Waals surface area (Å²) in [7, 11) is 0. The van der Waals surface area contributed by atoms with E-state index in [1.54, 1.807) is 36.4 Å². The van der Waals surface area contributed by atoms with Crippen LogP contribution in [0.3, 0.4) is 0 Å². The van der Waals surface area contributed by atoms with E-state index in [9.17, 15) is 9.18 Å². The molecular formula is C17H10FN3O3. The Morgan fingerprint density at radius 2 is 2.08 bits per heavy atom. The minimum Gasteiger partial charge on any atom is -0.423 e. The van der Waals surface area contributed by atoms with Gasteiger partial charge in [0.25, 0.3) is 0 Å². The molecule has 0 fully saturated rings. The predicted molar refractivity (Wildman–Crippen MR) is 82.9 cm³/mol. The molecule has 0 aliphatic rings. The second kappa shape index (κ2) is 5.62. The average Bonchev–Trinajstić information content (AvgIpc) is 3.24. The zero-order chi connectivity index (χ0) is 16.5.